The number of anilines is 1. The number of aromatic nitrogens is 5. The van der Waals surface area contributed by atoms with E-state index in [9.17, 15) is 18.0 Å². The number of aromatic amines is 1. The number of hydrogen-bond acceptors (Lipinski definition) is 4. The third kappa shape index (κ3) is 2.85. The number of fused-ring (bicyclic) bond motifs is 2. The molecule has 1 amide bonds. The molecule has 0 saturated carbocycles. The second kappa shape index (κ2) is 6.69. The standard InChI is InChI=1S/C20H11F3N6O/c21-10-4-5-11(14(22)7-10)20(30)26-19-12-8-15(23)17(25-18(12)27-28-19)13-9-24-29-6-2-1-3-16(13)29/h1-9H,(H2,25,26,27,28,30). The molecule has 0 bridgehead atoms. The fourth-order valence-electron chi connectivity index (χ4n) is 3.17. The van der Waals surface area contributed by atoms with Crippen LogP contribution in [-0.2, 0) is 0 Å². The number of halogens is 3. The number of hydrogen-bond donors (Lipinski definition) is 2. The first-order valence-corrected chi connectivity index (χ1v) is 8.75. The van der Waals surface area contributed by atoms with Crippen molar-refractivity contribution < 1.29 is 18.0 Å². The van der Waals surface area contributed by atoms with Crippen LogP contribution < -0.4 is 5.32 Å². The van der Waals surface area contributed by atoms with Crippen molar-refractivity contribution in [1.82, 2.24) is 24.8 Å². The molecule has 0 saturated heterocycles. The van der Waals surface area contributed by atoms with E-state index in [4.69, 9.17) is 0 Å². The van der Waals surface area contributed by atoms with E-state index in [1.165, 1.54) is 12.3 Å². The number of carbonyl (C=O) groups excluding carboxylic acids is 1. The van der Waals surface area contributed by atoms with Crippen LogP contribution in [0.3, 0.4) is 0 Å². The summed E-state index contributed by atoms with van der Waals surface area (Å²) >= 11 is 0. The number of carbonyl (C=O) groups is 1. The molecule has 10 heteroatoms. The number of amides is 1. The van der Waals surface area contributed by atoms with E-state index in [1.54, 1.807) is 28.9 Å². The SMILES string of the molecule is O=C(Nc1n[nH]c2nc(-c3cnn4ccccc34)c(F)cc12)c1ccc(F)cc1F. The average Bonchev–Trinajstić information content (AvgIpc) is 3.31. The molecule has 7 nitrogen and oxygen atoms in total. The maximum Gasteiger partial charge on any atom is 0.259 e. The van der Waals surface area contributed by atoms with Gasteiger partial charge in [0, 0.05) is 17.8 Å². The minimum Gasteiger partial charge on any atom is -0.304 e. The van der Waals surface area contributed by atoms with Crippen molar-refractivity contribution in [2.24, 2.45) is 0 Å². The first kappa shape index (κ1) is 17.9. The maximum absolute atomic E-state index is 14.9. The zero-order valence-corrected chi connectivity index (χ0v) is 15.0. The Labute approximate surface area is 166 Å². The third-order valence-corrected chi connectivity index (χ3v) is 4.59. The van der Waals surface area contributed by atoms with E-state index in [1.807, 2.05) is 0 Å². The molecular formula is C20H11F3N6O. The summed E-state index contributed by atoms with van der Waals surface area (Å²) in [4.78, 5) is 16.6. The molecule has 0 fully saturated rings. The highest BCUT2D eigenvalue weighted by molar-refractivity contribution is 6.07. The first-order chi connectivity index (χ1) is 14.5. The van der Waals surface area contributed by atoms with Gasteiger partial charge in [-0.1, -0.05) is 6.07 Å². The second-order valence-corrected chi connectivity index (χ2v) is 6.45. The van der Waals surface area contributed by atoms with Crippen molar-refractivity contribution in [3.8, 4) is 11.3 Å². The van der Waals surface area contributed by atoms with Crippen molar-refractivity contribution >= 4 is 28.3 Å². The minimum atomic E-state index is -1.02. The Bertz CT molecular complexity index is 1440. The van der Waals surface area contributed by atoms with E-state index in [0.717, 1.165) is 12.1 Å². The lowest BCUT2D eigenvalue weighted by atomic mass is 10.1. The van der Waals surface area contributed by atoms with E-state index < -0.39 is 23.4 Å². The van der Waals surface area contributed by atoms with Gasteiger partial charge in [-0.15, -0.1) is 0 Å². The van der Waals surface area contributed by atoms with Gasteiger partial charge in [-0.05, 0) is 30.3 Å². The normalized spacial score (nSPS) is 11.3. The van der Waals surface area contributed by atoms with E-state index in [0.29, 0.717) is 17.1 Å². The first-order valence-electron chi connectivity index (χ1n) is 8.75. The van der Waals surface area contributed by atoms with Crippen LogP contribution in [0.1, 0.15) is 10.4 Å². The smallest absolute Gasteiger partial charge is 0.259 e. The van der Waals surface area contributed by atoms with Gasteiger partial charge in [0.1, 0.15) is 17.3 Å². The molecule has 5 aromatic rings. The molecule has 0 aliphatic rings. The predicted molar refractivity (Wildman–Crippen MR) is 102 cm³/mol. The number of nitrogens with zero attached hydrogens (tertiary/aromatic N) is 4. The van der Waals surface area contributed by atoms with Crippen molar-refractivity contribution in [2.45, 2.75) is 0 Å². The van der Waals surface area contributed by atoms with Crippen LogP contribution in [0.5, 0.6) is 0 Å². The van der Waals surface area contributed by atoms with Crippen molar-refractivity contribution in [3.63, 3.8) is 0 Å². The lowest BCUT2D eigenvalue weighted by molar-refractivity contribution is 0.102. The Kier molecular flexibility index (Phi) is 3.98. The van der Waals surface area contributed by atoms with E-state index in [2.05, 4.69) is 25.6 Å². The molecule has 30 heavy (non-hydrogen) atoms. The number of nitrogens with one attached hydrogen (secondary N) is 2. The van der Waals surface area contributed by atoms with Gasteiger partial charge in [-0.2, -0.15) is 10.2 Å². The molecule has 0 aliphatic carbocycles. The Balaban J connectivity index is 1.53. The van der Waals surface area contributed by atoms with E-state index >= 15 is 0 Å². The molecular weight excluding hydrogens is 397 g/mol. The summed E-state index contributed by atoms with van der Waals surface area (Å²) in [5, 5.41) is 13.3. The average molecular weight is 408 g/mol. The van der Waals surface area contributed by atoms with Gasteiger partial charge in [0.25, 0.3) is 5.91 Å². The molecule has 5 rings (SSSR count). The molecule has 0 radical (unpaired) electrons. The van der Waals surface area contributed by atoms with Crippen LogP contribution >= 0.6 is 0 Å². The summed E-state index contributed by atoms with van der Waals surface area (Å²) in [6, 6.07) is 9.12. The Hall–Kier alpha value is -4.21. The fraction of sp³-hybridized carbons (Fsp3) is 0. The van der Waals surface area contributed by atoms with Crippen LogP contribution in [0, 0.1) is 17.5 Å². The lowest BCUT2D eigenvalue weighted by Gasteiger charge is -2.05. The molecule has 4 heterocycles. The Morgan fingerprint density at radius 1 is 1.07 bits per heavy atom. The van der Waals surface area contributed by atoms with Crippen LogP contribution in [0.2, 0.25) is 0 Å². The van der Waals surface area contributed by atoms with Crippen LogP contribution in [0.15, 0.2) is 54.9 Å². The molecule has 0 spiro atoms. The van der Waals surface area contributed by atoms with Gasteiger partial charge < -0.3 is 5.32 Å². The lowest BCUT2D eigenvalue weighted by Crippen LogP contribution is -2.14. The summed E-state index contributed by atoms with van der Waals surface area (Å²) in [6.07, 6.45) is 3.23. The summed E-state index contributed by atoms with van der Waals surface area (Å²) in [6.45, 7) is 0. The van der Waals surface area contributed by atoms with Crippen LogP contribution in [0.4, 0.5) is 19.0 Å². The molecule has 4 aromatic heterocycles. The summed E-state index contributed by atoms with van der Waals surface area (Å²) in [5.41, 5.74) is 1.07. The largest absolute Gasteiger partial charge is 0.304 e. The molecule has 0 atom stereocenters. The highest BCUT2D eigenvalue weighted by Gasteiger charge is 2.19. The number of rotatable bonds is 3. The number of H-pyrrole nitrogens is 1. The maximum atomic E-state index is 14.9. The number of benzene rings is 1. The van der Waals surface area contributed by atoms with Gasteiger partial charge in [-0.3, -0.25) is 9.89 Å². The third-order valence-electron chi connectivity index (χ3n) is 4.59. The van der Waals surface area contributed by atoms with Gasteiger partial charge in [0.2, 0.25) is 0 Å². The quantitative estimate of drug-likeness (QED) is 0.473. The minimum absolute atomic E-state index is 0.0310. The Morgan fingerprint density at radius 3 is 2.77 bits per heavy atom. The molecule has 2 N–H and O–H groups in total. The number of pyridine rings is 2. The monoisotopic (exact) mass is 408 g/mol. The zero-order valence-electron chi connectivity index (χ0n) is 15.0. The fourth-order valence-corrected chi connectivity index (χ4v) is 3.17. The van der Waals surface area contributed by atoms with Gasteiger partial charge in [-0.25, -0.2) is 22.7 Å². The second-order valence-electron chi connectivity index (χ2n) is 6.45. The summed E-state index contributed by atoms with van der Waals surface area (Å²) in [5.74, 6) is -3.36. The van der Waals surface area contributed by atoms with Gasteiger partial charge >= 0.3 is 0 Å². The predicted octanol–water partition coefficient (Wildman–Crippen LogP) is 3.94. The van der Waals surface area contributed by atoms with Crippen molar-refractivity contribution in [3.05, 3.63) is 77.9 Å². The van der Waals surface area contributed by atoms with Crippen LogP contribution in [0.25, 0.3) is 27.8 Å². The van der Waals surface area contributed by atoms with E-state index in [-0.39, 0.29) is 28.1 Å². The van der Waals surface area contributed by atoms with Crippen molar-refractivity contribution in [2.75, 3.05) is 5.32 Å². The molecule has 0 unspecified atom stereocenters. The highest BCUT2D eigenvalue weighted by Crippen LogP contribution is 2.29. The zero-order chi connectivity index (χ0) is 20.8. The topological polar surface area (TPSA) is 88.0 Å². The van der Waals surface area contributed by atoms with Crippen molar-refractivity contribution in [1.29, 1.82) is 0 Å². The summed E-state index contributed by atoms with van der Waals surface area (Å²) in [7, 11) is 0. The van der Waals surface area contributed by atoms with Crippen LogP contribution in [-0.4, -0.2) is 30.7 Å². The molecule has 0 aliphatic heterocycles. The Morgan fingerprint density at radius 2 is 1.93 bits per heavy atom. The van der Waals surface area contributed by atoms with Gasteiger partial charge in [0.05, 0.1) is 22.7 Å². The molecule has 1 aromatic carbocycles. The van der Waals surface area contributed by atoms with Gasteiger partial charge in [0.15, 0.2) is 17.3 Å². The summed E-state index contributed by atoms with van der Waals surface area (Å²) < 4.78 is 43.4. The highest BCUT2D eigenvalue weighted by atomic mass is 19.1. The molecule has 148 valence electrons.